The molecular weight excluding hydrogens is 453 g/mol. The van der Waals surface area contributed by atoms with Gasteiger partial charge in [-0.2, -0.15) is 4.98 Å². The number of aromatic nitrogens is 4. The minimum absolute atomic E-state index is 0.0736. The first kappa shape index (κ1) is 21.9. The van der Waals surface area contributed by atoms with Gasteiger partial charge in [0, 0.05) is 29.6 Å². The molecule has 3 heterocycles. The average molecular weight is 471 g/mol. The van der Waals surface area contributed by atoms with Crippen LogP contribution in [0.2, 0.25) is 0 Å². The third-order valence-electron chi connectivity index (χ3n) is 5.54. The summed E-state index contributed by atoms with van der Waals surface area (Å²) in [5, 5.41) is 21.7. The number of allylic oxidation sites excluding steroid dienone is 1. The molecule has 5 rings (SSSR count). The van der Waals surface area contributed by atoms with Crippen molar-refractivity contribution in [1.29, 1.82) is 0 Å². The third-order valence-corrected chi connectivity index (χ3v) is 5.54. The van der Waals surface area contributed by atoms with Gasteiger partial charge in [0.1, 0.15) is 11.9 Å². The van der Waals surface area contributed by atoms with E-state index in [2.05, 4.69) is 25.7 Å². The zero-order valence-corrected chi connectivity index (χ0v) is 18.3. The van der Waals surface area contributed by atoms with Crippen LogP contribution in [0, 0.1) is 15.9 Å². The lowest BCUT2D eigenvalue weighted by Gasteiger charge is -2.28. The van der Waals surface area contributed by atoms with Gasteiger partial charge in [0.2, 0.25) is 5.95 Å². The molecule has 0 radical (unpaired) electrons. The third kappa shape index (κ3) is 4.22. The zero-order chi connectivity index (χ0) is 24.5. The number of halogens is 1. The molecule has 35 heavy (non-hydrogen) atoms. The minimum Gasteiger partial charge on any atom is -0.328 e. The van der Waals surface area contributed by atoms with Gasteiger partial charge in [-0.1, -0.05) is 0 Å². The number of anilines is 2. The number of pyridine rings is 1. The Morgan fingerprint density at radius 2 is 1.89 bits per heavy atom. The summed E-state index contributed by atoms with van der Waals surface area (Å²) in [5.74, 6) is -0.0634. The van der Waals surface area contributed by atoms with Crippen LogP contribution in [0.15, 0.2) is 84.3 Å². The molecule has 1 unspecified atom stereocenters. The summed E-state index contributed by atoms with van der Waals surface area (Å²) in [6, 6.07) is 14.4. The molecule has 10 nitrogen and oxygen atoms in total. The van der Waals surface area contributed by atoms with Crippen molar-refractivity contribution < 1.29 is 14.1 Å². The highest BCUT2D eigenvalue weighted by molar-refractivity contribution is 6.05. The van der Waals surface area contributed by atoms with Crippen molar-refractivity contribution in [2.24, 2.45) is 0 Å². The normalized spacial score (nSPS) is 14.7. The van der Waals surface area contributed by atoms with E-state index in [1.807, 2.05) is 0 Å². The Labute approximate surface area is 198 Å². The van der Waals surface area contributed by atoms with Crippen molar-refractivity contribution >= 4 is 23.2 Å². The molecule has 0 spiro atoms. The van der Waals surface area contributed by atoms with Crippen LogP contribution < -0.4 is 10.6 Å². The highest BCUT2D eigenvalue weighted by atomic mass is 19.1. The molecule has 0 fully saturated rings. The van der Waals surface area contributed by atoms with Crippen LogP contribution >= 0.6 is 0 Å². The average Bonchev–Trinajstić information content (AvgIpc) is 3.27. The van der Waals surface area contributed by atoms with E-state index in [9.17, 15) is 19.3 Å². The molecular formula is C24H18FN7O3. The maximum absolute atomic E-state index is 13.4. The quantitative estimate of drug-likeness (QED) is 0.328. The number of carbonyl (C=O) groups excluding carboxylic acids is 1. The van der Waals surface area contributed by atoms with Crippen LogP contribution in [-0.4, -0.2) is 30.6 Å². The molecule has 0 bridgehead atoms. The first-order valence-corrected chi connectivity index (χ1v) is 10.6. The molecule has 4 aromatic rings. The number of amides is 1. The molecule has 174 valence electrons. The first-order chi connectivity index (χ1) is 16.9. The van der Waals surface area contributed by atoms with E-state index in [1.54, 1.807) is 54.2 Å². The van der Waals surface area contributed by atoms with Crippen molar-refractivity contribution in [3.05, 3.63) is 106 Å². The number of non-ortho nitro benzene ring substituents is 1. The largest absolute Gasteiger partial charge is 0.328 e. The van der Waals surface area contributed by atoms with Gasteiger partial charge < -0.3 is 10.6 Å². The summed E-state index contributed by atoms with van der Waals surface area (Å²) in [5.41, 5.74) is 2.53. The van der Waals surface area contributed by atoms with Gasteiger partial charge in [-0.15, -0.1) is 5.10 Å². The number of hydrogen-bond acceptors (Lipinski definition) is 7. The molecule has 1 aliphatic heterocycles. The topological polar surface area (TPSA) is 128 Å². The number of rotatable bonds is 5. The number of carbonyl (C=O) groups is 1. The Balaban J connectivity index is 1.60. The van der Waals surface area contributed by atoms with Crippen LogP contribution in [0.4, 0.5) is 21.7 Å². The maximum atomic E-state index is 13.4. The van der Waals surface area contributed by atoms with E-state index in [4.69, 9.17) is 0 Å². The summed E-state index contributed by atoms with van der Waals surface area (Å²) in [6.45, 7) is 1.74. The summed E-state index contributed by atoms with van der Waals surface area (Å²) < 4.78 is 15.0. The van der Waals surface area contributed by atoms with Crippen LogP contribution in [0.1, 0.15) is 18.5 Å². The second kappa shape index (κ2) is 8.78. The SMILES string of the molecule is CC1=C(C(=O)Nc2cccnc2)C(c2ccc([N+](=O)[O-])cc2)n2nc(-c3ccc(F)cc3)nc2N1. The monoisotopic (exact) mass is 471 g/mol. The van der Waals surface area contributed by atoms with Crippen LogP contribution in [0.25, 0.3) is 11.4 Å². The number of nitro groups is 1. The lowest BCUT2D eigenvalue weighted by atomic mass is 9.95. The first-order valence-electron chi connectivity index (χ1n) is 10.6. The van der Waals surface area contributed by atoms with E-state index < -0.39 is 16.9 Å². The van der Waals surface area contributed by atoms with E-state index >= 15 is 0 Å². The number of nitro benzene ring substituents is 1. The standard InChI is InChI=1S/C24H18FN7O3/c1-14-20(23(33)28-18-3-2-12-26-13-18)21(15-6-10-19(11-7-15)32(34)35)31-24(27-14)29-22(30-31)16-4-8-17(25)9-5-16/h2-13,21H,1H3,(H,28,33)(H,27,29,30). The van der Waals surface area contributed by atoms with E-state index in [0.717, 1.165) is 0 Å². The number of nitrogens with zero attached hydrogens (tertiary/aromatic N) is 5. The number of fused-ring (bicyclic) bond motifs is 1. The molecule has 11 heteroatoms. The lowest BCUT2D eigenvalue weighted by molar-refractivity contribution is -0.384. The zero-order valence-electron chi connectivity index (χ0n) is 18.3. The molecule has 2 N–H and O–H groups in total. The second-order valence-electron chi connectivity index (χ2n) is 7.82. The molecule has 1 atom stereocenters. The van der Waals surface area contributed by atoms with Crippen molar-refractivity contribution in [3.8, 4) is 11.4 Å². The summed E-state index contributed by atoms with van der Waals surface area (Å²) >= 11 is 0. The van der Waals surface area contributed by atoms with Gasteiger partial charge in [0.05, 0.1) is 22.4 Å². The molecule has 0 saturated carbocycles. The summed E-state index contributed by atoms with van der Waals surface area (Å²) in [6.07, 6.45) is 3.12. The van der Waals surface area contributed by atoms with Crippen molar-refractivity contribution in [2.75, 3.05) is 10.6 Å². The van der Waals surface area contributed by atoms with Gasteiger partial charge in [0.15, 0.2) is 5.82 Å². The Bertz CT molecular complexity index is 1450. The summed E-state index contributed by atoms with van der Waals surface area (Å²) in [7, 11) is 0. The Hall–Kier alpha value is -4.93. The summed E-state index contributed by atoms with van der Waals surface area (Å²) in [4.78, 5) is 32.6. The lowest BCUT2D eigenvalue weighted by Crippen LogP contribution is -2.31. The molecule has 2 aromatic heterocycles. The van der Waals surface area contributed by atoms with Gasteiger partial charge in [-0.25, -0.2) is 9.07 Å². The molecule has 1 aliphatic rings. The highest BCUT2D eigenvalue weighted by Gasteiger charge is 2.34. The Morgan fingerprint density at radius 3 is 2.54 bits per heavy atom. The minimum atomic E-state index is -0.731. The maximum Gasteiger partial charge on any atom is 0.269 e. The Kier molecular flexibility index (Phi) is 5.49. The molecule has 2 aromatic carbocycles. The molecule has 0 saturated heterocycles. The van der Waals surface area contributed by atoms with Crippen LogP contribution in [0.3, 0.4) is 0 Å². The van der Waals surface area contributed by atoms with Gasteiger partial charge in [-0.3, -0.25) is 19.9 Å². The predicted octanol–water partition coefficient (Wildman–Crippen LogP) is 4.32. The second-order valence-corrected chi connectivity index (χ2v) is 7.82. The van der Waals surface area contributed by atoms with Crippen molar-refractivity contribution in [3.63, 3.8) is 0 Å². The van der Waals surface area contributed by atoms with Gasteiger partial charge in [-0.05, 0) is 61.0 Å². The fraction of sp³-hybridized carbons (Fsp3) is 0.0833. The fourth-order valence-corrected chi connectivity index (χ4v) is 3.89. The number of hydrogen-bond donors (Lipinski definition) is 2. The van der Waals surface area contributed by atoms with Crippen LogP contribution in [0.5, 0.6) is 0 Å². The van der Waals surface area contributed by atoms with Gasteiger partial charge >= 0.3 is 0 Å². The van der Waals surface area contributed by atoms with Crippen molar-refractivity contribution in [2.45, 2.75) is 13.0 Å². The van der Waals surface area contributed by atoms with E-state index in [0.29, 0.717) is 39.9 Å². The Morgan fingerprint density at radius 1 is 1.14 bits per heavy atom. The smallest absolute Gasteiger partial charge is 0.269 e. The molecule has 0 aliphatic carbocycles. The highest BCUT2D eigenvalue weighted by Crippen LogP contribution is 2.37. The van der Waals surface area contributed by atoms with E-state index in [1.165, 1.54) is 30.5 Å². The molecule has 1 amide bonds. The van der Waals surface area contributed by atoms with E-state index in [-0.39, 0.29) is 11.5 Å². The van der Waals surface area contributed by atoms with Gasteiger partial charge in [0.25, 0.3) is 11.6 Å². The number of nitrogens with one attached hydrogen (secondary N) is 2. The van der Waals surface area contributed by atoms with Crippen molar-refractivity contribution in [1.82, 2.24) is 19.7 Å². The fourth-order valence-electron chi connectivity index (χ4n) is 3.89. The number of benzene rings is 2. The van der Waals surface area contributed by atoms with Crippen LogP contribution in [-0.2, 0) is 4.79 Å². The predicted molar refractivity (Wildman–Crippen MR) is 126 cm³/mol.